The zero-order chi connectivity index (χ0) is 30.0. The predicted molar refractivity (Wildman–Crippen MR) is 147 cm³/mol. The topological polar surface area (TPSA) is 196 Å². The molecule has 1 saturated heterocycles. The first-order valence-corrected chi connectivity index (χ1v) is 12.7. The van der Waals surface area contributed by atoms with Gasteiger partial charge in [-0.1, -0.05) is 12.1 Å². The summed E-state index contributed by atoms with van der Waals surface area (Å²) in [5, 5.41) is 60.5. The average molecular weight is 579 g/mol. The maximum atomic E-state index is 12.7. The molecule has 0 spiro atoms. The number of aromatic hydroxyl groups is 3. The third-order valence-corrected chi connectivity index (χ3v) is 6.55. The highest BCUT2D eigenvalue weighted by Crippen LogP contribution is 2.33. The number of esters is 1. The summed E-state index contributed by atoms with van der Waals surface area (Å²) in [6.45, 7) is -0.503. The van der Waals surface area contributed by atoms with Crippen LogP contribution in [-0.2, 0) is 14.3 Å². The predicted octanol–water partition coefficient (Wildman–Crippen LogP) is 2.02. The number of aliphatic hydroxyl groups is 3. The van der Waals surface area contributed by atoms with Gasteiger partial charge in [0.05, 0.1) is 0 Å². The Kier molecular flexibility index (Phi) is 8.13. The summed E-state index contributed by atoms with van der Waals surface area (Å²) < 4.78 is 22.2. The van der Waals surface area contributed by atoms with E-state index in [1.807, 2.05) is 0 Å². The van der Waals surface area contributed by atoms with E-state index in [0.29, 0.717) is 11.1 Å². The lowest BCUT2D eigenvalue weighted by molar-refractivity contribution is -0.278. The van der Waals surface area contributed by atoms with E-state index in [1.165, 1.54) is 54.6 Å². The molecule has 0 bridgehead atoms. The van der Waals surface area contributed by atoms with E-state index in [2.05, 4.69) is 0 Å². The van der Waals surface area contributed by atoms with Crippen molar-refractivity contribution in [2.45, 2.75) is 30.7 Å². The Balaban J connectivity index is 1.31. The summed E-state index contributed by atoms with van der Waals surface area (Å²) in [5.41, 5.74) is 0.501. The fourth-order valence-electron chi connectivity index (χ4n) is 4.33. The van der Waals surface area contributed by atoms with Gasteiger partial charge in [-0.25, -0.2) is 4.79 Å². The first kappa shape index (κ1) is 28.6. The molecule has 12 heteroatoms. The fourth-order valence-corrected chi connectivity index (χ4v) is 4.33. The molecule has 6 N–H and O–H groups in total. The molecular weight excluding hydrogens is 552 g/mol. The smallest absolute Gasteiger partial charge is 0.330 e. The zero-order valence-electron chi connectivity index (χ0n) is 21.7. The highest BCUT2D eigenvalue weighted by molar-refractivity contribution is 5.87. The molecule has 0 unspecified atom stereocenters. The number of ether oxygens (including phenoxy) is 3. The molecule has 0 amide bonds. The molecule has 5 rings (SSSR count). The number of hydrogen-bond donors (Lipinski definition) is 6. The van der Waals surface area contributed by atoms with Gasteiger partial charge in [0.25, 0.3) is 0 Å². The average Bonchev–Trinajstić information content (AvgIpc) is 2.96. The van der Waals surface area contributed by atoms with E-state index in [4.69, 9.17) is 18.6 Å². The van der Waals surface area contributed by atoms with Crippen LogP contribution in [0.4, 0.5) is 0 Å². The Morgan fingerprint density at radius 3 is 2.21 bits per heavy atom. The molecule has 0 radical (unpaired) electrons. The van der Waals surface area contributed by atoms with Crippen LogP contribution in [0.5, 0.6) is 23.0 Å². The summed E-state index contributed by atoms with van der Waals surface area (Å²) in [6.07, 6.45) is -5.43. The van der Waals surface area contributed by atoms with Gasteiger partial charge in [0, 0.05) is 29.8 Å². The Bertz CT molecular complexity index is 1660. The van der Waals surface area contributed by atoms with Gasteiger partial charge in [-0.2, -0.15) is 0 Å². The van der Waals surface area contributed by atoms with Crippen LogP contribution in [-0.4, -0.2) is 73.9 Å². The molecule has 4 aromatic rings. The lowest BCUT2D eigenvalue weighted by Gasteiger charge is -2.39. The summed E-state index contributed by atoms with van der Waals surface area (Å²) in [5.74, 6) is -1.13. The van der Waals surface area contributed by atoms with Crippen LogP contribution in [0, 0.1) is 0 Å². The van der Waals surface area contributed by atoms with Crippen molar-refractivity contribution in [1.82, 2.24) is 0 Å². The SMILES string of the molecule is O=C(/C=C/c1ccc(O)cc1)OC[C@H]1O[C@@H](Oc2cc(O)c3c(=O)cc(-c4ccc(O)cc4)oc3c2)[C@H](O)[C@@H](O)[C@@H]1O. The number of carbonyl (C=O) groups excluding carboxylic acids is 1. The third kappa shape index (κ3) is 6.21. The number of fused-ring (bicyclic) bond motifs is 1. The number of carbonyl (C=O) groups is 1. The molecule has 42 heavy (non-hydrogen) atoms. The van der Waals surface area contributed by atoms with Crippen LogP contribution < -0.4 is 10.2 Å². The molecule has 1 aliphatic rings. The molecule has 0 saturated carbocycles. The highest BCUT2D eigenvalue weighted by atomic mass is 16.7. The van der Waals surface area contributed by atoms with Crippen molar-refractivity contribution in [3.05, 3.63) is 88.6 Å². The summed E-state index contributed by atoms with van der Waals surface area (Å²) in [6, 6.07) is 15.5. The van der Waals surface area contributed by atoms with Crippen molar-refractivity contribution in [3.63, 3.8) is 0 Å². The minimum Gasteiger partial charge on any atom is -0.508 e. The van der Waals surface area contributed by atoms with Crippen molar-refractivity contribution in [2.75, 3.05) is 6.61 Å². The molecule has 1 aliphatic heterocycles. The number of benzene rings is 3. The Morgan fingerprint density at radius 1 is 0.857 bits per heavy atom. The lowest BCUT2D eigenvalue weighted by atomic mass is 9.99. The molecule has 3 aromatic carbocycles. The number of phenols is 3. The van der Waals surface area contributed by atoms with Crippen molar-refractivity contribution < 1.29 is 54.1 Å². The fraction of sp³-hybridized carbons (Fsp3) is 0.200. The van der Waals surface area contributed by atoms with Gasteiger partial charge < -0.3 is 49.3 Å². The largest absolute Gasteiger partial charge is 0.508 e. The lowest BCUT2D eigenvalue weighted by Crippen LogP contribution is -2.60. The molecule has 218 valence electrons. The van der Waals surface area contributed by atoms with Crippen molar-refractivity contribution in [3.8, 4) is 34.3 Å². The molecule has 1 fully saturated rings. The van der Waals surface area contributed by atoms with Crippen LogP contribution in [0.2, 0.25) is 0 Å². The summed E-state index contributed by atoms with van der Waals surface area (Å²) in [4.78, 5) is 24.9. The van der Waals surface area contributed by atoms with Crippen molar-refractivity contribution in [2.24, 2.45) is 0 Å². The standard InChI is InChI=1S/C30H26O12/c31-17-6-1-15(2-7-17)3-10-25(35)39-14-24-27(36)28(37)29(38)30(42-24)40-19-11-20(33)26-21(34)13-22(41-23(26)12-19)16-4-8-18(32)9-5-16/h1-13,24,27-33,36-38H,14H2/b10-3+/t24-,27-,28+,29-,30-/m1/s1. The number of phenolic OH excluding ortho intramolecular Hbond substituents is 3. The maximum Gasteiger partial charge on any atom is 0.330 e. The monoisotopic (exact) mass is 578 g/mol. The van der Waals surface area contributed by atoms with E-state index >= 15 is 0 Å². The maximum absolute atomic E-state index is 12.7. The second kappa shape index (κ2) is 11.9. The number of aliphatic hydroxyl groups excluding tert-OH is 3. The Hall–Kier alpha value is -4.88. The van der Waals surface area contributed by atoms with Crippen LogP contribution in [0.1, 0.15) is 5.56 Å². The van der Waals surface area contributed by atoms with Gasteiger partial charge in [-0.3, -0.25) is 4.79 Å². The Morgan fingerprint density at radius 2 is 1.52 bits per heavy atom. The van der Waals surface area contributed by atoms with Gasteiger partial charge in [0.2, 0.25) is 6.29 Å². The van der Waals surface area contributed by atoms with Gasteiger partial charge >= 0.3 is 5.97 Å². The van der Waals surface area contributed by atoms with E-state index in [-0.39, 0.29) is 34.0 Å². The van der Waals surface area contributed by atoms with Gasteiger partial charge in [0.1, 0.15) is 70.8 Å². The molecule has 0 aliphatic carbocycles. The minimum atomic E-state index is -1.74. The first-order chi connectivity index (χ1) is 20.1. The zero-order valence-corrected chi connectivity index (χ0v) is 21.7. The second-order valence-corrected chi connectivity index (χ2v) is 9.52. The summed E-state index contributed by atoms with van der Waals surface area (Å²) in [7, 11) is 0. The van der Waals surface area contributed by atoms with Crippen LogP contribution in [0.25, 0.3) is 28.4 Å². The van der Waals surface area contributed by atoms with Crippen LogP contribution in [0.3, 0.4) is 0 Å². The van der Waals surface area contributed by atoms with E-state index in [9.17, 15) is 40.2 Å². The molecule has 1 aromatic heterocycles. The first-order valence-electron chi connectivity index (χ1n) is 12.7. The van der Waals surface area contributed by atoms with E-state index < -0.39 is 54.5 Å². The van der Waals surface area contributed by atoms with E-state index in [1.54, 1.807) is 12.1 Å². The molecule has 5 atom stereocenters. The highest BCUT2D eigenvalue weighted by Gasteiger charge is 2.45. The number of rotatable bonds is 7. The molecule has 2 heterocycles. The van der Waals surface area contributed by atoms with E-state index in [0.717, 1.165) is 12.1 Å². The molecular formula is C30H26O12. The minimum absolute atomic E-state index is 0.0205. The summed E-state index contributed by atoms with van der Waals surface area (Å²) >= 11 is 0. The second-order valence-electron chi connectivity index (χ2n) is 9.52. The van der Waals surface area contributed by atoms with Gasteiger partial charge in [-0.05, 0) is 48.0 Å². The quantitative estimate of drug-likeness (QED) is 0.138. The van der Waals surface area contributed by atoms with Crippen LogP contribution in [0.15, 0.2) is 82.0 Å². The van der Waals surface area contributed by atoms with Crippen LogP contribution >= 0.6 is 0 Å². The molecule has 12 nitrogen and oxygen atoms in total. The van der Waals surface area contributed by atoms with Gasteiger partial charge in [0.15, 0.2) is 5.43 Å². The van der Waals surface area contributed by atoms with Crippen molar-refractivity contribution in [1.29, 1.82) is 0 Å². The van der Waals surface area contributed by atoms with Gasteiger partial charge in [-0.15, -0.1) is 0 Å². The van der Waals surface area contributed by atoms with Crippen molar-refractivity contribution >= 4 is 23.0 Å². The third-order valence-electron chi connectivity index (χ3n) is 6.55. The number of hydrogen-bond acceptors (Lipinski definition) is 12. The normalized spacial score (nSPS) is 22.3. The Labute approximate surface area is 237 Å².